The Morgan fingerprint density at radius 2 is 2.00 bits per heavy atom. The van der Waals surface area contributed by atoms with Crippen LogP contribution in [0.3, 0.4) is 0 Å². The zero-order chi connectivity index (χ0) is 18.8. The van der Waals surface area contributed by atoms with Crippen LogP contribution in [-0.2, 0) is 16.0 Å². The second kappa shape index (κ2) is 7.08. The SMILES string of the molecule is CC(C)(C)OC(=O)N1C[C@@H](Cc2ccccc2[N+](=O)[O-])C[C@@H]1C(=O)O. The second-order valence-corrected chi connectivity index (χ2v) is 7.18. The van der Waals surface area contributed by atoms with Gasteiger partial charge in [0.1, 0.15) is 11.6 Å². The van der Waals surface area contributed by atoms with Gasteiger partial charge in [0.25, 0.3) is 5.69 Å². The molecular weight excluding hydrogens is 328 g/mol. The molecule has 136 valence electrons. The molecule has 1 fully saturated rings. The fourth-order valence-corrected chi connectivity index (χ4v) is 3.00. The predicted octanol–water partition coefficient (Wildman–Crippen LogP) is 2.85. The van der Waals surface area contributed by atoms with Gasteiger partial charge in [-0.15, -0.1) is 0 Å². The highest BCUT2D eigenvalue weighted by Gasteiger charge is 2.41. The summed E-state index contributed by atoms with van der Waals surface area (Å²) in [6.07, 6.45) is -0.106. The molecule has 8 heteroatoms. The Balaban J connectivity index is 2.16. The van der Waals surface area contributed by atoms with Gasteiger partial charge in [-0.3, -0.25) is 15.0 Å². The van der Waals surface area contributed by atoms with Crippen molar-refractivity contribution in [2.24, 2.45) is 5.92 Å². The summed E-state index contributed by atoms with van der Waals surface area (Å²) in [4.78, 5) is 35.7. The van der Waals surface area contributed by atoms with E-state index in [4.69, 9.17) is 4.74 Å². The third kappa shape index (κ3) is 4.68. The van der Waals surface area contributed by atoms with Gasteiger partial charge >= 0.3 is 12.1 Å². The van der Waals surface area contributed by atoms with E-state index in [1.54, 1.807) is 39.0 Å². The summed E-state index contributed by atoms with van der Waals surface area (Å²) in [7, 11) is 0. The largest absolute Gasteiger partial charge is 0.480 e. The van der Waals surface area contributed by atoms with Crippen molar-refractivity contribution in [3.63, 3.8) is 0 Å². The Morgan fingerprint density at radius 3 is 2.56 bits per heavy atom. The summed E-state index contributed by atoms with van der Waals surface area (Å²) in [5, 5.41) is 20.5. The van der Waals surface area contributed by atoms with Crippen molar-refractivity contribution in [1.82, 2.24) is 4.90 Å². The number of carboxylic acid groups (broad SMARTS) is 1. The molecular formula is C17H22N2O6. The lowest BCUT2D eigenvalue weighted by Crippen LogP contribution is -2.43. The zero-order valence-electron chi connectivity index (χ0n) is 14.5. The average molecular weight is 350 g/mol. The van der Waals surface area contributed by atoms with Crippen LogP contribution in [0.4, 0.5) is 10.5 Å². The number of ether oxygens (including phenoxy) is 1. The van der Waals surface area contributed by atoms with Crippen LogP contribution in [0.2, 0.25) is 0 Å². The van der Waals surface area contributed by atoms with Gasteiger partial charge < -0.3 is 9.84 Å². The van der Waals surface area contributed by atoms with Crippen molar-refractivity contribution in [2.45, 2.75) is 45.3 Å². The molecule has 2 rings (SSSR count). The molecule has 0 unspecified atom stereocenters. The smallest absolute Gasteiger partial charge is 0.411 e. The van der Waals surface area contributed by atoms with E-state index in [0.29, 0.717) is 12.0 Å². The number of para-hydroxylation sites is 1. The second-order valence-electron chi connectivity index (χ2n) is 7.18. The molecule has 1 heterocycles. The highest BCUT2D eigenvalue weighted by molar-refractivity contribution is 5.81. The summed E-state index contributed by atoms with van der Waals surface area (Å²) in [5.41, 5.74) is -0.186. The maximum absolute atomic E-state index is 12.3. The van der Waals surface area contributed by atoms with Crippen LogP contribution < -0.4 is 0 Å². The van der Waals surface area contributed by atoms with Crippen molar-refractivity contribution in [1.29, 1.82) is 0 Å². The molecule has 25 heavy (non-hydrogen) atoms. The molecule has 0 saturated carbocycles. The number of hydrogen-bond donors (Lipinski definition) is 1. The maximum atomic E-state index is 12.3. The van der Waals surface area contributed by atoms with E-state index in [2.05, 4.69) is 0 Å². The standard InChI is InChI=1S/C17H22N2O6/c1-17(2,3)25-16(22)18-10-11(9-14(18)15(20)21)8-12-6-4-5-7-13(12)19(23)24/h4-7,11,14H,8-10H2,1-3H3,(H,20,21)/t11-,14+/m0/s1. The van der Waals surface area contributed by atoms with Crippen molar-refractivity contribution < 1.29 is 24.4 Å². The van der Waals surface area contributed by atoms with E-state index in [9.17, 15) is 24.8 Å². The number of carboxylic acids is 1. The third-order valence-corrected chi connectivity index (χ3v) is 4.00. The summed E-state index contributed by atoms with van der Waals surface area (Å²) >= 11 is 0. The first-order valence-corrected chi connectivity index (χ1v) is 8.03. The monoisotopic (exact) mass is 350 g/mol. The average Bonchev–Trinajstić information content (AvgIpc) is 2.90. The summed E-state index contributed by atoms with van der Waals surface area (Å²) in [6, 6.07) is 5.39. The van der Waals surface area contributed by atoms with Gasteiger partial charge in [0.15, 0.2) is 0 Å². The van der Waals surface area contributed by atoms with E-state index >= 15 is 0 Å². The van der Waals surface area contributed by atoms with Crippen molar-refractivity contribution >= 4 is 17.7 Å². The number of rotatable bonds is 4. The number of nitro benzene ring substituents is 1. The molecule has 1 aliphatic rings. The number of carbonyl (C=O) groups is 2. The number of aliphatic carboxylic acids is 1. The lowest BCUT2D eigenvalue weighted by atomic mass is 9.96. The molecule has 0 bridgehead atoms. The van der Waals surface area contributed by atoms with Crippen LogP contribution in [0, 0.1) is 16.0 Å². The fourth-order valence-electron chi connectivity index (χ4n) is 3.00. The van der Waals surface area contributed by atoms with E-state index in [0.717, 1.165) is 0 Å². The van der Waals surface area contributed by atoms with Gasteiger partial charge in [0, 0.05) is 18.2 Å². The maximum Gasteiger partial charge on any atom is 0.411 e. The number of nitro groups is 1. The number of benzene rings is 1. The highest BCUT2D eigenvalue weighted by atomic mass is 16.6. The summed E-state index contributed by atoms with van der Waals surface area (Å²) in [5.74, 6) is -1.29. The van der Waals surface area contributed by atoms with E-state index < -0.39 is 28.6 Å². The van der Waals surface area contributed by atoms with Gasteiger partial charge in [0.2, 0.25) is 0 Å². The van der Waals surface area contributed by atoms with Crippen LogP contribution in [-0.4, -0.2) is 45.2 Å². The fraction of sp³-hybridized carbons (Fsp3) is 0.529. The third-order valence-electron chi connectivity index (χ3n) is 4.00. The first kappa shape index (κ1) is 18.7. The lowest BCUT2D eigenvalue weighted by molar-refractivity contribution is -0.385. The summed E-state index contributed by atoms with van der Waals surface area (Å²) < 4.78 is 5.28. The van der Waals surface area contributed by atoms with Crippen LogP contribution in [0.25, 0.3) is 0 Å². The number of hydrogen-bond acceptors (Lipinski definition) is 5. The van der Waals surface area contributed by atoms with E-state index in [-0.39, 0.29) is 24.6 Å². The minimum absolute atomic E-state index is 0.00472. The quantitative estimate of drug-likeness (QED) is 0.660. The minimum atomic E-state index is -1.10. The van der Waals surface area contributed by atoms with Crippen LogP contribution in [0.15, 0.2) is 24.3 Å². The molecule has 1 aromatic carbocycles. The Kier molecular flexibility index (Phi) is 5.30. The van der Waals surface area contributed by atoms with Gasteiger partial charge in [-0.25, -0.2) is 9.59 Å². The van der Waals surface area contributed by atoms with E-state index in [1.807, 2.05) is 0 Å². The minimum Gasteiger partial charge on any atom is -0.480 e. The molecule has 0 spiro atoms. The van der Waals surface area contributed by atoms with Crippen molar-refractivity contribution in [3.05, 3.63) is 39.9 Å². The van der Waals surface area contributed by atoms with Crippen molar-refractivity contribution in [3.8, 4) is 0 Å². The summed E-state index contributed by atoms with van der Waals surface area (Å²) in [6.45, 7) is 5.32. The van der Waals surface area contributed by atoms with Crippen LogP contribution in [0.5, 0.6) is 0 Å². The molecule has 0 radical (unpaired) electrons. The number of amides is 1. The van der Waals surface area contributed by atoms with Crippen LogP contribution in [0.1, 0.15) is 32.8 Å². The van der Waals surface area contributed by atoms with E-state index in [1.165, 1.54) is 11.0 Å². The first-order chi connectivity index (χ1) is 11.6. The number of carbonyl (C=O) groups excluding carboxylic acids is 1. The molecule has 1 aliphatic heterocycles. The molecule has 0 aliphatic carbocycles. The Hall–Kier alpha value is -2.64. The Morgan fingerprint density at radius 1 is 1.36 bits per heavy atom. The Bertz CT molecular complexity index is 682. The Labute approximate surface area is 145 Å². The number of likely N-dealkylation sites (tertiary alicyclic amines) is 1. The van der Waals surface area contributed by atoms with Crippen LogP contribution >= 0.6 is 0 Å². The predicted molar refractivity (Wildman–Crippen MR) is 89.3 cm³/mol. The van der Waals surface area contributed by atoms with Crippen molar-refractivity contribution in [2.75, 3.05) is 6.54 Å². The van der Waals surface area contributed by atoms with Gasteiger partial charge in [-0.1, -0.05) is 18.2 Å². The zero-order valence-corrected chi connectivity index (χ0v) is 14.5. The molecule has 1 amide bonds. The number of nitrogens with zero attached hydrogens (tertiary/aromatic N) is 2. The van der Waals surface area contributed by atoms with Gasteiger partial charge in [-0.2, -0.15) is 0 Å². The molecule has 8 nitrogen and oxygen atoms in total. The van der Waals surface area contributed by atoms with Gasteiger partial charge in [0.05, 0.1) is 4.92 Å². The molecule has 1 saturated heterocycles. The van der Waals surface area contributed by atoms with Gasteiger partial charge in [-0.05, 0) is 39.5 Å². The first-order valence-electron chi connectivity index (χ1n) is 8.03. The normalized spacial score (nSPS) is 20.4. The topological polar surface area (TPSA) is 110 Å². The highest BCUT2D eigenvalue weighted by Crippen LogP contribution is 2.30. The molecule has 1 aromatic rings. The molecule has 1 N–H and O–H groups in total. The molecule has 2 atom stereocenters. The lowest BCUT2D eigenvalue weighted by Gasteiger charge is -2.26. The molecule has 0 aromatic heterocycles.